The third kappa shape index (κ3) is 3.61. The van der Waals surface area contributed by atoms with E-state index in [1.807, 2.05) is 24.3 Å². The fraction of sp³-hybridized carbons (Fsp3) is 0.333. The summed E-state index contributed by atoms with van der Waals surface area (Å²) < 4.78 is 0. The van der Waals surface area contributed by atoms with Crippen molar-refractivity contribution in [3.05, 3.63) is 65.2 Å². The fourth-order valence-electron chi connectivity index (χ4n) is 2.31. The maximum atomic E-state index is 9.06. The fourth-order valence-corrected chi connectivity index (χ4v) is 2.31. The highest BCUT2D eigenvalue weighted by atomic mass is 16.3. The number of aliphatic hydroxyl groups excluding tert-OH is 1. The molecule has 0 spiro atoms. The Balaban J connectivity index is 2.10. The molecule has 0 amide bonds. The lowest BCUT2D eigenvalue weighted by molar-refractivity contribution is 0.282. The van der Waals surface area contributed by atoms with Crippen molar-refractivity contribution < 1.29 is 5.11 Å². The molecule has 0 saturated carbocycles. The van der Waals surface area contributed by atoms with Gasteiger partial charge in [-0.1, -0.05) is 50.2 Å². The zero-order valence-corrected chi connectivity index (χ0v) is 12.3. The van der Waals surface area contributed by atoms with Crippen LogP contribution in [0.4, 0.5) is 5.69 Å². The second-order valence-electron chi connectivity index (χ2n) is 5.06. The maximum Gasteiger partial charge on any atom is 0.0681 e. The van der Waals surface area contributed by atoms with E-state index >= 15 is 0 Å². The van der Waals surface area contributed by atoms with Gasteiger partial charge in [-0.3, -0.25) is 0 Å². The lowest BCUT2D eigenvalue weighted by Crippen LogP contribution is -2.09. The van der Waals surface area contributed by atoms with Crippen LogP contribution < -0.4 is 5.32 Å². The van der Waals surface area contributed by atoms with Gasteiger partial charge in [-0.25, -0.2) is 0 Å². The van der Waals surface area contributed by atoms with Gasteiger partial charge in [0.25, 0.3) is 0 Å². The number of rotatable bonds is 6. The molecule has 0 radical (unpaired) electrons. The molecule has 0 aromatic heterocycles. The quantitative estimate of drug-likeness (QED) is 0.819. The summed E-state index contributed by atoms with van der Waals surface area (Å²) in [6.45, 7) is 4.46. The highest BCUT2D eigenvalue weighted by molar-refractivity contribution is 5.47. The van der Waals surface area contributed by atoms with Gasteiger partial charge < -0.3 is 10.4 Å². The van der Waals surface area contributed by atoms with Crippen molar-refractivity contribution in [1.29, 1.82) is 0 Å². The first kappa shape index (κ1) is 14.6. The molecule has 1 unspecified atom stereocenters. The lowest BCUT2D eigenvalue weighted by Gasteiger charge is -2.19. The smallest absolute Gasteiger partial charge is 0.0681 e. The molecule has 2 aromatic carbocycles. The van der Waals surface area contributed by atoms with Gasteiger partial charge >= 0.3 is 0 Å². The first-order valence-corrected chi connectivity index (χ1v) is 7.32. The minimum absolute atomic E-state index is 0.0932. The second-order valence-corrected chi connectivity index (χ2v) is 5.06. The Labute approximate surface area is 121 Å². The Morgan fingerprint density at radius 2 is 1.50 bits per heavy atom. The van der Waals surface area contributed by atoms with Crippen molar-refractivity contribution in [2.45, 2.75) is 39.3 Å². The molecule has 2 nitrogen and oxygen atoms in total. The van der Waals surface area contributed by atoms with Gasteiger partial charge in [0.15, 0.2) is 0 Å². The molecule has 0 aliphatic carbocycles. The number of aryl methyl sites for hydroxylation is 1. The monoisotopic (exact) mass is 269 g/mol. The molecule has 0 heterocycles. The van der Waals surface area contributed by atoms with E-state index in [9.17, 15) is 0 Å². The van der Waals surface area contributed by atoms with Crippen LogP contribution in [0.3, 0.4) is 0 Å². The van der Waals surface area contributed by atoms with Crippen molar-refractivity contribution in [1.82, 2.24) is 0 Å². The Kier molecular flexibility index (Phi) is 5.19. The van der Waals surface area contributed by atoms with Gasteiger partial charge in [0.05, 0.1) is 12.6 Å². The summed E-state index contributed by atoms with van der Waals surface area (Å²) in [6, 6.07) is 17.1. The van der Waals surface area contributed by atoms with Gasteiger partial charge in [0, 0.05) is 5.69 Å². The van der Waals surface area contributed by atoms with E-state index in [1.54, 1.807) is 0 Å². The SMILES string of the molecule is CCc1ccc(C(CC)Nc2ccc(CO)cc2)cc1. The molecule has 1 atom stereocenters. The topological polar surface area (TPSA) is 32.3 Å². The van der Waals surface area contributed by atoms with Crippen LogP contribution in [-0.4, -0.2) is 5.11 Å². The van der Waals surface area contributed by atoms with E-state index in [-0.39, 0.29) is 6.61 Å². The molecule has 0 aliphatic heterocycles. The summed E-state index contributed by atoms with van der Waals surface area (Å²) in [7, 11) is 0. The van der Waals surface area contributed by atoms with Crippen molar-refractivity contribution in [2.24, 2.45) is 0 Å². The molecule has 0 saturated heterocycles. The van der Waals surface area contributed by atoms with E-state index in [4.69, 9.17) is 5.11 Å². The van der Waals surface area contributed by atoms with Crippen LogP contribution in [0.1, 0.15) is 43.0 Å². The molecule has 106 valence electrons. The van der Waals surface area contributed by atoms with Crippen LogP contribution in [0.5, 0.6) is 0 Å². The molecule has 2 heteroatoms. The Bertz CT molecular complexity index is 516. The predicted octanol–water partition coefficient (Wildman–Crippen LogP) is 4.30. The van der Waals surface area contributed by atoms with Gasteiger partial charge in [0.1, 0.15) is 0 Å². The average Bonchev–Trinajstić information content (AvgIpc) is 2.53. The summed E-state index contributed by atoms with van der Waals surface area (Å²) in [5, 5.41) is 12.6. The molecule has 2 N–H and O–H groups in total. The molecular formula is C18H23NO. The largest absolute Gasteiger partial charge is 0.392 e. The summed E-state index contributed by atoms with van der Waals surface area (Å²) in [4.78, 5) is 0. The molecule has 0 bridgehead atoms. The number of anilines is 1. The molecule has 0 aliphatic rings. The van der Waals surface area contributed by atoms with E-state index in [0.29, 0.717) is 6.04 Å². The Morgan fingerprint density at radius 3 is 2.00 bits per heavy atom. The third-order valence-electron chi connectivity index (χ3n) is 3.68. The van der Waals surface area contributed by atoms with Crippen molar-refractivity contribution in [2.75, 3.05) is 5.32 Å². The van der Waals surface area contributed by atoms with Crippen LogP contribution in [0.15, 0.2) is 48.5 Å². The molecule has 0 fully saturated rings. The van der Waals surface area contributed by atoms with Gasteiger partial charge in [-0.2, -0.15) is 0 Å². The van der Waals surface area contributed by atoms with E-state index < -0.39 is 0 Å². The van der Waals surface area contributed by atoms with Crippen LogP contribution in [0.25, 0.3) is 0 Å². The van der Waals surface area contributed by atoms with Gasteiger partial charge in [0.2, 0.25) is 0 Å². The normalized spacial score (nSPS) is 12.2. The summed E-state index contributed by atoms with van der Waals surface area (Å²) >= 11 is 0. The first-order valence-electron chi connectivity index (χ1n) is 7.32. The molecule has 2 aromatic rings. The number of aliphatic hydroxyl groups is 1. The molecule has 20 heavy (non-hydrogen) atoms. The zero-order chi connectivity index (χ0) is 14.4. The number of nitrogens with one attached hydrogen (secondary N) is 1. The Morgan fingerprint density at radius 1 is 0.900 bits per heavy atom. The van der Waals surface area contributed by atoms with Gasteiger partial charge in [-0.05, 0) is 41.7 Å². The van der Waals surface area contributed by atoms with Gasteiger partial charge in [-0.15, -0.1) is 0 Å². The van der Waals surface area contributed by atoms with E-state index in [1.165, 1.54) is 11.1 Å². The first-order chi connectivity index (χ1) is 9.76. The minimum atomic E-state index is 0.0932. The van der Waals surface area contributed by atoms with Crippen molar-refractivity contribution in [3.63, 3.8) is 0 Å². The second kappa shape index (κ2) is 7.11. The third-order valence-corrected chi connectivity index (χ3v) is 3.68. The number of benzene rings is 2. The number of hydrogen-bond donors (Lipinski definition) is 2. The van der Waals surface area contributed by atoms with Crippen molar-refractivity contribution >= 4 is 5.69 Å². The standard InChI is InChI=1S/C18H23NO/c1-3-14-5-9-16(10-6-14)18(4-2)19-17-11-7-15(13-20)8-12-17/h5-12,18-20H,3-4,13H2,1-2H3. The highest BCUT2D eigenvalue weighted by Gasteiger charge is 2.08. The maximum absolute atomic E-state index is 9.06. The zero-order valence-electron chi connectivity index (χ0n) is 12.3. The summed E-state index contributed by atoms with van der Waals surface area (Å²) in [5.74, 6) is 0. The lowest BCUT2D eigenvalue weighted by atomic mass is 10.0. The number of hydrogen-bond acceptors (Lipinski definition) is 2. The van der Waals surface area contributed by atoms with Crippen LogP contribution in [0, 0.1) is 0 Å². The summed E-state index contributed by atoms with van der Waals surface area (Å²) in [5.41, 5.74) is 4.72. The Hall–Kier alpha value is -1.80. The van der Waals surface area contributed by atoms with Crippen LogP contribution >= 0.6 is 0 Å². The molecular weight excluding hydrogens is 246 g/mol. The molecule has 2 rings (SSSR count). The minimum Gasteiger partial charge on any atom is -0.392 e. The van der Waals surface area contributed by atoms with E-state index in [0.717, 1.165) is 24.1 Å². The van der Waals surface area contributed by atoms with Crippen molar-refractivity contribution in [3.8, 4) is 0 Å². The highest BCUT2D eigenvalue weighted by Crippen LogP contribution is 2.23. The predicted molar refractivity (Wildman–Crippen MR) is 84.8 cm³/mol. The summed E-state index contributed by atoms with van der Waals surface area (Å²) in [6.07, 6.45) is 2.11. The van der Waals surface area contributed by atoms with E-state index in [2.05, 4.69) is 43.4 Å². The van der Waals surface area contributed by atoms with Crippen LogP contribution in [-0.2, 0) is 13.0 Å². The average molecular weight is 269 g/mol. The van der Waals surface area contributed by atoms with Crippen LogP contribution in [0.2, 0.25) is 0 Å².